The van der Waals surface area contributed by atoms with Crippen molar-refractivity contribution in [3.8, 4) is 0 Å². The zero-order chi connectivity index (χ0) is 20.2. The Hall–Kier alpha value is -1.39. The maximum atomic E-state index is 12.1. The molecular formula is C22H40N2O3. The molecule has 0 aromatic carbocycles. The lowest BCUT2D eigenvalue weighted by Gasteiger charge is -2.27. The van der Waals surface area contributed by atoms with E-state index < -0.39 is 0 Å². The van der Waals surface area contributed by atoms with E-state index in [9.17, 15) is 14.4 Å². The van der Waals surface area contributed by atoms with Gasteiger partial charge in [-0.1, -0.05) is 40.5 Å². The van der Waals surface area contributed by atoms with Crippen molar-refractivity contribution in [2.24, 2.45) is 23.7 Å². The molecule has 5 heteroatoms. The SMILES string of the molecule is CC(C)C(=O)N[C@@H]1[C@H](CCCCC(=O)NCCCCCC=O)C(C)C[C@@H]1C. The minimum atomic E-state index is 0.0240. The lowest BCUT2D eigenvalue weighted by Crippen LogP contribution is -2.43. The largest absolute Gasteiger partial charge is 0.356 e. The molecule has 1 unspecified atom stereocenters. The molecule has 1 saturated carbocycles. The highest BCUT2D eigenvalue weighted by Gasteiger charge is 2.39. The quantitative estimate of drug-likeness (QED) is 0.376. The molecule has 1 rings (SSSR count). The maximum absolute atomic E-state index is 12.1. The fraction of sp³-hybridized carbons (Fsp3) is 0.864. The van der Waals surface area contributed by atoms with Crippen LogP contribution in [0.2, 0.25) is 0 Å². The summed E-state index contributed by atoms with van der Waals surface area (Å²) in [6, 6.07) is 0.273. The number of carbonyl (C=O) groups is 3. The molecule has 1 fully saturated rings. The van der Waals surface area contributed by atoms with Gasteiger partial charge in [-0.15, -0.1) is 0 Å². The van der Waals surface area contributed by atoms with Crippen LogP contribution >= 0.6 is 0 Å². The van der Waals surface area contributed by atoms with Gasteiger partial charge in [-0.2, -0.15) is 0 Å². The van der Waals surface area contributed by atoms with E-state index in [1.807, 2.05) is 13.8 Å². The number of aldehydes is 1. The molecule has 4 atom stereocenters. The zero-order valence-corrected chi connectivity index (χ0v) is 17.8. The van der Waals surface area contributed by atoms with E-state index in [4.69, 9.17) is 0 Å². The maximum Gasteiger partial charge on any atom is 0.222 e. The van der Waals surface area contributed by atoms with Crippen LogP contribution in [0.3, 0.4) is 0 Å². The summed E-state index contributed by atoms with van der Waals surface area (Å²) in [6.45, 7) is 9.12. The fourth-order valence-electron chi connectivity index (χ4n) is 4.24. The number of rotatable bonds is 13. The highest BCUT2D eigenvalue weighted by Crippen LogP contribution is 2.39. The van der Waals surface area contributed by atoms with Crippen molar-refractivity contribution < 1.29 is 14.4 Å². The van der Waals surface area contributed by atoms with Crippen molar-refractivity contribution in [3.05, 3.63) is 0 Å². The van der Waals surface area contributed by atoms with Crippen molar-refractivity contribution in [1.29, 1.82) is 0 Å². The summed E-state index contributed by atoms with van der Waals surface area (Å²) in [7, 11) is 0. The normalized spacial score (nSPS) is 24.8. The first kappa shape index (κ1) is 23.6. The average Bonchev–Trinajstić information content (AvgIpc) is 2.88. The van der Waals surface area contributed by atoms with Crippen molar-refractivity contribution >= 4 is 18.1 Å². The van der Waals surface area contributed by atoms with Gasteiger partial charge in [-0.3, -0.25) is 9.59 Å². The molecule has 0 saturated heterocycles. The minimum absolute atomic E-state index is 0.0240. The first-order valence-corrected chi connectivity index (χ1v) is 10.9. The summed E-state index contributed by atoms with van der Waals surface area (Å²) in [5.74, 6) is 1.97. The van der Waals surface area contributed by atoms with Crippen LogP contribution in [0.25, 0.3) is 0 Å². The molecule has 0 bridgehead atoms. The number of unbranched alkanes of at least 4 members (excludes halogenated alkanes) is 4. The summed E-state index contributed by atoms with van der Waals surface area (Å²) in [5, 5.41) is 6.23. The molecule has 27 heavy (non-hydrogen) atoms. The lowest BCUT2D eigenvalue weighted by atomic mass is 9.88. The second kappa shape index (κ2) is 12.9. The van der Waals surface area contributed by atoms with Crippen LogP contribution in [-0.2, 0) is 14.4 Å². The Labute approximate surface area is 165 Å². The molecule has 0 spiro atoms. The first-order valence-electron chi connectivity index (χ1n) is 10.9. The average molecular weight is 381 g/mol. The fourth-order valence-corrected chi connectivity index (χ4v) is 4.24. The second-order valence-electron chi connectivity index (χ2n) is 8.65. The van der Waals surface area contributed by atoms with E-state index in [2.05, 4.69) is 24.5 Å². The van der Waals surface area contributed by atoms with Gasteiger partial charge in [-0.05, 0) is 49.9 Å². The van der Waals surface area contributed by atoms with E-state index >= 15 is 0 Å². The molecule has 0 heterocycles. The van der Waals surface area contributed by atoms with E-state index in [0.29, 0.717) is 37.1 Å². The Balaban J connectivity index is 2.23. The van der Waals surface area contributed by atoms with Crippen LogP contribution in [0.1, 0.15) is 85.5 Å². The number of hydrogen-bond donors (Lipinski definition) is 2. The Morgan fingerprint density at radius 2 is 1.78 bits per heavy atom. The molecule has 156 valence electrons. The predicted molar refractivity (Wildman–Crippen MR) is 109 cm³/mol. The zero-order valence-electron chi connectivity index (χ0n) is 17.8. The molecule has 2 N–H and O–H groups in total. The number of hydrogen-bond acceptors (Lipinski definition) is 3. The van der Waals surface area contributed by atoms with Crippen molar-refractivity contribution in [2.75, 3.05) is 6.54 Å². The number of nitrogens with one attached hydrogen (secondary N) is 2. The van der Waals surface area contributed by atoms with Gasteiger partial charge in [0.1, 0.15) is 6.29 Å². The first-order chi connectivity index (χ1) is 12.9. The Kier molecular flexibility index (Phi) is 11.3. The molecule has 5 nitrogen and oxygen atoms in total. The van der Waals surface area contributed by atoms with Gasteiger partial charge in [0.05, 0.1) is 0 Å². The van der Waals surface area contributed by atoms with Crippen molar-refractivity contribution in [2.45, 2.75) is 91.5 Å². The van der Waals surface area contributed by atoms with E-state index in [1.165, 1.54) is 0 Å². The smallest absolute Gasteiger partial charge is 0.222 e. The minimum Gasteiger partial charge on any atom is -0.356 e. The number of carbonyl (C=O) groups excluding carboxylic acids is 3. The topological polar surface area (TPSA) is 75.3 Å². The monoisotopic (exact) mass is 380 g/mol. The molecule has 0 aliphatic heterocycles. The standard InChI is InChI=1S/C22H40N2O3/c1-16(2)22(27)24-21-18(4)15-17(3)19(21)11-7-8-12-20(26)23-13-9-5-6-10-14-25/h14,16-19,21H,5-13,15H2,1-4H3,(H,23,26)(H,24,27)/t17?,18-,19+,21-/m0/s1. The van der Waals surface area contributed by atoms with Crippen LogP contribution in [0.5, 0.6) is 0 Å². The summed E-state index contributed by atoms with van der Waals surface area (Å²) in [5.41, 5.74) is 0. The van der Waals surface area contributed by atoms with Crippen LogP contribution in [0, 0.1) is 23.7 Å². The van der Waals surface area contributed by atoms with Gasteiger partial charge < -0.3 is 15.4 Å². The highest BCUT2D eigenvalue weighted by molar-refractivity contribution is 5.78. The number of amides is 2. The Morgan fingerprint density at radius 1 is 1.04 bits per heavy atom. The summed E-state index contributed by atoms with van der Waals surface area (Å²) in [6.07, 6.45) is 9.15. The van der Waals surface area contributed by atoms with E-state index in [-0.39, 0.29) is 23.8 Å². The Bertz CT molecular complexity index is 464. The van der Waals surface area contributed by atoms with Crippen LogP contribution in [0.15, 0.2) is 0 Å². The molecule has 2 amide bonds. The third-order valence-corrected chi connectivity index (χ3v) is 5.89. The van der Waals surface area contributed by atoms with Gasteiger partial charge in [0.15, 0.2) is 0 Å². The van der Waals surface area contributed by atoms with Gasteiger partial charge in [0, 0.05) is 31.3 Å². The third kappa shape index (κ3) is 8.89. The second-order valence-corrected chi connectivity index (χ2v) is 8.65. The molecule has 0 radical (unpaired) electrons. The summed E-state index contributed by atoms with van der Waals surface area (Å²) >= 11 is 0. The Morgan fingerprint density at radius 3 is 2.44 bits per heavy atom. The van der Waals surface area contributed by atoms with Crippen LogP contribution < -0.4 is 10.6 Å². The predicted octanol–water partition coefficient (Wildman–Crippen LogP) is 3.86. The van der Waals surface area contributed by atoms with E-state index in [0.717, 1.165) is 51.2 Å². The van der Waals surface area contributed by atoms with Gasteiger partial charge in [0.25, 0.3) is 0 Å². The van der Waals surface area contributed by atoms with Crippen molar-refractivity contribution in [3.63, 3.8) is 0 Å². The van der Waals surface area contributed by atoms with Crippen LogP contribution in [0.4, 0.5) is 0 Å². The van der Waals surface area contributed by atoms with Gasteiger partial charge in [0.2, 0.25) is 11.8 Å². The lowest BCUT2D eigenvalue weighted by molar-refractivity contribution is -0.125. The molecular weight excluding hydrogens is 340 g/mol. The van der Waals surface area contributed by atoms with E-state index in [1.54, 1.807) is 0 Å². The molecule has 0 aromatic rings. The summed E-state index contributed by atoms with van der Waals surface area (Å²) < 4.78 is 0. The summed E-state index contributed by atoms with van der Waals surface area (Å²) in [4.78, 5) is 34.3. The molecule has 0 aromatic heterocycles. The van der Waals surface area contributed by atoms with Crippen molar-refractivity contribution in [1.82, 2.24) is 10.6 Å². The third-order valence-electron chi connectivity index (χ3n) is 5.89. The van der Waals surface area contributed by atoms with Crippen LogP contribution in [-0.4, -0.2) is 30.7 Å². The highest BCUT2D eigenvalue weighted by atomic mass is 16.2. The molecule has 1 aliphatic rings. The molecule has 1 aliphatic carbocycles. The van der Waals surface area contributed by atoms with Gasteiger partial charge >= 0.3 is 0 Å². The van der Waals surface area contributed by atoms with Gasteiger partial charge in [-0.25, -0.2) is 0 Å².